The second kappa shape index (κ2) is 7.50. The summed E-state index contributed by atoms with van der Waals surface area (Å²) < 4.78 is 14.5. The highest BCUT2D eigenvalue weighted by Crippen LogP contribution is 2.34. The number of anilines is 1. The number of benzene rings is 1. The molecular weight excluding hydrogens is 367 g/mol. The standard InChI is InChI=1S/C23H25FN4O/c24-20-15-26-22-19(7-10-25-22)21(20)16-8-13-28(14-9-16)23(29)17-3-5-18(6-4-17)27-11-1-2-12-27/h3-7,10,15-16H,1-2,8-9,11-14H2,(H,25,26). The van der Waals surface area contributed by atoms with E-state index in [2.05, 4.69) is 27.0 Å². The molecule has 29 heavy (non-hydrogen) atoms. The van der Waals surface area contributed by atoms with Crippen molar-refractivity contribution in [3.05, 3.63) is 59.7 Å². The van der Waals surface area contributed by atoms with E-state index in [1.165, 1.54) is 24.7 Å². The van der Waals surface area contributed by atoms with Gasteiger partial charge < -0.3 is 14.8 Å². The van der Waals surface area contributed by atoms with Gasteiger partial charge in [-0.3, -0.25) is 4.79 Å². The molecule has 5 nitrogen and oxygen atoms in total. The molecule has 3 aromatic rings. The molecule has 0 atom stereocenters. The van der Waals surface area contributed by atoms with Crippen LogP contribution in [-0.4, -0.2) is 47.0 Å². The summed E-state index contributed by atoms with van der Waals surface area (Å²) in [6, 6.07) is 9.88. The van der Waals surface area contributed by atoms with Crippen LogP contribution in [0.25, 0.3) is 11.0 Å². The van der Waals surface area contributed by atoms with Crippen LogP contribution in [0.15, 0.2) is 42.7 Å². The lowest BCUT2D eigenvalue weighted by Crippen LogP contribution is -2.38. The zero-order valence-electron chi connectivity index (χ0n) is 16.4. The van der Waals surface area contributed by atoms with Gasteiger partial charge in [-0.2, -0.15) is 0 Å². The number of carbonyl (C=O) groups is 1. The summed E-state index contributed by atoms with van der Waals surface area (Å²) in [6.07, 6.45) is 7.10. The highest BCUT2D eigenvalue weighted by Gasteiger charge is 2.28. The monoisotopic (exact) mass is 392 g/mol. The zero-order valence-corrected chi connectivity index (χ0v) is 16.4. The molecule has 2 aromatic heterocycles. The second-order valence-electron chi connectivity index (χ2n) is 8.07. The lowest BCUT2D eigenvalue weighted by molar-refractivity contribution is 0.0712. The number of amides is 1. The third kappa shape index (κ3) is 3.37. The van der Waals surface area contributed by atoms with Gasteiger partial charge in [0.1, 0.15) is 11.5 Å². The molecule has 0 aliphatic carbocycles. The number of aromatic nitrogens is 2. The zero-order chi connectivity index (χ0) is 19.8. The van der Waals surface area contributed by atoms with Crippen molar-refractivity contribution < 1.29 is 9.18 Å². The van der Waals surface area contributed by atoms with E-state index in [4.69, 9.17) is 0 Å². The van der Waals surface area contributed by atoms with Gasteiger partial charge in [0.15, 0.2) is 0 Å². The Bertz CT molecular complexity index is 1020. The molecule has 2 aliphatic heterocycles. The van der Waals surface area contributed by atoms with E-state index in [0.717, 1.165) is 48.1 Å². The first-order valence-electron chi connectivity index (χ1n) is 10.5. The normalized spacial score (nSPS) is 18.0. The molecule has 2 fully saturated rings. The summed E-state index contributed by atoms with van der Waals surface area (Å²) >= 11 is 0. The molecule has 1 amide bonds. The molecule has 0 unspecified atom stereocenters. The Kier molecular flexibility index (Phi) is 4.70. The number of piperidine rings is 1. The Morgan fingerprint density at radius 3 is 2.48 bits per heavy atom. The minimum absolute atomic E-state index is 0.0680. The maximum Gasteiger partial charge on any atom is 0.253 e. The Morgan fingerprint density at radius 2 is 1.76 bits per heavy atom. The molecule has 150 valence electrons. The van der Waals surface area contributed by atoms with Gasteiger partial charge in [-0.1, -0.05) is 0 Å². The van der Waals surface area contributed by atoms with E-state index in [0.29, 0.717) is 13.1 Å². The van der Waals surface area contributed by atoms with Crippen molar-refractivity contribution in [3.8, 4) is 0 Å². The van der Waals surface area contributed by atoms with E-state index in [1.807, 2.05) is 23.1 Å². The summed E-state index contributed by atoms with van der Waals surface area (Å²) in [4.78, 5) is 24.4. The van der Waals surface area contributed by atoms with E-state index >= 15 is 0 Å². The molecule has 0 spiro atoms. The number of halogens is 1. The van der Waals surface area contributed by atoms with Gasteiger partial charge >= 0.3 is 0 Å². The van der Waals surface area contributed by atoms with Crippen LogP contribution in [0.1, 0.15) is 47.5 Å². The van der Waals surface area contributed by atoms with E-state index in [-0.39, 0.29) is 17.6 Å². The predicted molar refractivity (Wildman–Crippen MR) is 112 cm³/mol. The average molecular weight is 392 g/mol. The third-order valence-electron chi connectivity index (χ3n) is 6.36. The summed E-state index contributed by atoms with van der Waals surface area (Å²) in [5, 5.41) is 0.854. The minimum atomic E-state index is -0.251. The van der Waals surface area contributed by atoms with Crippen LogP contribution < -0.4 is 4.90 Å². The Morgan fingerprint density at radius 1 is 1.03 bits per heavy atom. The molecule has 0 saturated carbocycles. The first kappa shape index (κ1) is 18.2. The fraction of sp³-hybridized carbons (Fsp3) is 0.391. The topological polar surface area (TPSA) is 52.2 Å². The molecular formula is C23H25FN4O. The second-order valence-corrected chi connectivity index (χ2v) is 8.07. The molecule has 2 saturated heterocycles. The maximum atomic E-state index is 14.5. The number of nitrogens with one attached hydrogen (secondary N) is 1. The van der Waals surface area contributed by atoms with Crippen LogP contribution in [-0.2, 0) is 0 Å². The van der Waals surface area contributed by atoms with Crippen LogP contribution in [0, 0.1) is 5.82 Å². The van der Waals surface area contributed by atoms with E-state index in [9.17, 15) is 9.18 Å². The van der Waals surface area contributed by atoms with Gasteiger partial charge in [-0.05, 0) is 61.9 Å². The Labute approximate surface area is 169 Å². The van der Waals surface area contributed by atoms with Crippen LogP contribution in [0.3, 0.4) is 0 Å². The number of carbonyl (C=O) groups excluding carboxylic acids is 1. The van der Waals surface area contributed by atoms with Crippen molar-refractivity contribution in [2.45, 2.75) is 31.6 Å². The van der Waals surface area contributed by atoms with Gasteiger partial charge in [0.05, 0.1) is 6.20 Å². The number of fused-ring (bicyclic) bond motifs is 1. The Balaban J connectivity index is 1.27. The number of aromatic amines is 1. The highest BCUT2D eigenvalue weighted by molar-refractivity contribution is 5.94. The molecule has 1 aromatic carbocycles. The minimum Gasteiger partial charge on any atom is -0.372 e. The molecule has 1 N–H and O–H groups in total. The quantitative estimate of drug-likeness (QED) is 0.722. The van der Waals surface area contributed by atoms with Crippen molar-refractivity contribution in [1.29, 1.82) is 0 Å². The van der Waals surface area contributed by atoms with E-state index in [1.54, 1.807) is 6.20 Å². The van der Waals surface area contributed by atoms with Gasteiger partial charge in [0, 0.05) is 54.6 Å². The fourth-order valence-corrected chi connectivity index (χ4v) is 4.76. The molecule has 2 aliphatic rings. The number of hydrogen-bond acceptors (Lipinski definition) is 3. The van der Waals surface area contributed by atoms with E-state index < -0.39 is 0 Å². The van der Waals surface area contributed by atoms with Crippen LogP contribution in [0.5, 0.6) is 0 Å². The number of H-pyrrole nitrogens is 1. The highest BCUT2D eigenvalue weighted by atomic mass is 19.1. The SMILES string of the molecule is O=C(c1ccc(N2CCCC2)cc1)N1CCC(c2c(F)cnc3[nH]ccc23)CC1. The first-order valence-corrected chi connectivity index (χ1v) is 10.5. The number of likely N-dealkylation sites (tertiary alicyclic amines) is 1. The van der Waals surface area contributed by atoms with Crippen molar-refractivity contribution in [2.75, 3.05) is 31.1 Å². The summed E-state index contributed by atoms with van der Waals surface area (Å²) in [6.45, 7) is 3.48. The van der Waals surface area contributed by atoms with Gasteiger partial charge in [-0.25, -0.2) is 9.37 Å². The third-order valence-corrected chi connectivity index (χ3v) is 6.36. The summed E-state index contributed by atoms with van der Waals surface area (Å²) in [7, 11) is 0. The number of pyridine rings is 1. The van der Waals surface area contributed by atoms with Crippen molar-refractivity contribution >= 4 is 22.6 Å². The Hall–Kier alpha value is -2.89. The largest absolute Gasteiger partial charge is 0.372 e. The van der Waals surface area contributed by atoms with Crippen LogP contribution in [0.2, 0.25) is 0 Å². The molecule has 0 radical (unpaired) electrons. The average Bonchev–Trinajstić information content (AvgIpc) is 3.46. The lowest BCUT2D eigenvalue weighted by Gasteiger charge is -2.32. The van der Waals surface area contributed by atoms with Gasteiger partial charge in [0.2, 0.25) is 0 Å². The summed E-state index contributed by atoms with van der Waals surface area (Å²) in [5.41, 5.74) is 3.38. The number of rotatable bonds is 3. The first-order chi connectivity index (χ1) is 14.2. The van der Waals surface area contributed by atoms with Gasteiger partial charge in [0.25, 0.3) is 5.91 Å². The maximum absolute atomic E-state index is 14.5. The van der Waals surface area contributed by atoms with Crippen molar-refractivity contribution in [1.82, 2.24) is 14.9 Å². The molecule has 4 heterocycles. The number of nitrogens with zero attached hydrogens (tertiary/aromatic N) is 3. The van der Waals surface area contributed by atoms with Crippen molar-refractivity contribution in [2.24, 2.45) is 0 Å². The number of hydrogen-bond donors (Lipinski definition) is 1. The lowest BCUT2D eigenvalue weighted by atomic mass is 9.87. The molecule has 6 heteroatoms. The van der Waals surface area contributed by atoms with Gasteiger partial charge in [-0.15, -0.1) is 0 Å². The summed E-state index contributed by atoms with van der Waals surface area (Å²) in [5.74, 6) is -0.0734. The van der Waals surface area contributed by atoms with Crippen molar-refractivity contribution in [3.63, 3.8) is 0 Å². The molecule has 5 rings (SSSR count). The van der Waals surface area contributed by atoms with Crippen LogP contribution in [0.4, 0.5) is 10.1 Å². The van der Waals surface area contributed by atoms with Crippen LogP contribution >= 0.6 is 0 Å². The fourth-order valence-electron chi connectivity index (χ4n) is 4.76. The predicted octanol–water partition coefficient (Wildman–Crippen LogP) is 4.32. The molecule has 0 bridgehead atoms. The smallest absolute Gasteiger partial charge is 0.253 e.